The van der Waals surface area contributed by atoms with Crippen molar-refractivity contribution in [2.24, 2.45) is 0 Å². The van der Waals surface area contributed by atoms with Gasteiger partial charge in [-0.1, -0.05) is 6.07 Å². The van der Waals surface area contributed by atoms with E-state index in [1.165, 1.54) is 4.88 Å². The molecule has 1 aromatic heterocycles. The molecule has 0 saturated carbocycles. The van der Waals surface area contributed by atoms with Crippen LogP contribution in [-0.2, 0) is 17.2 Å². The largest absolute Gasteiger partial charge is 0.316 e. The van der Waals surface area contributed by atoms with E-state index in [-0.39, 0.29) is 0 Å². The highest BCUT2D eigenvalue weighted by molar-refractivity contribution is 7.84. The summed E-state index contributed by atoms with van der Waals surface area (Å²) in [7, 11) is -0.638. The SMILES string of the molecule is CS(=O)CCCNCCc1cccs1. The van der Waals surface area contributed by atoms with E-state index in [0.717, 1.165) is 31.7 Å². The zero-order chi connectivity index (χ0) is 10.2. The summed E-state index contributed by atoms with van der Waals surface area (Å²) in [6.07, 6.45) is 3.87. The topological polar surface area (TPSA) is 29.1 Å². The van der Waals surface area contributed by atoms with E-state index in [4.69, 9.17) is 0 Å². The van der Waals surface area contributed by atoms with Crippen LogP contribution >= 0.6 is 11.3 Å². The fraction of sp³-hybridized carbons (Fsp3) is 0.600. The maximum absolute atomic E-state index is 10.7. The molecule has 0 radical (unpaired) electrons. The summed E-state index contributed by atoms with van der Waals surface area (Å²) in [5.74, 6) is 0.812. The third kappa shape index (κ3) is 5.52. The van der Waals surface area contributed by atoms with Crippen LogP contribution in [0.2, 0.25) is 0 Å². The van der Waals surface area contributed by atoms with Gasteiger partial charge in [-0.25, -0.2) is 0 Å². The summed E-state index contributed by atoms with van der Waals surface area (Å²) in [6.45, 7) is 2.00. The van der Waals surface area contributed by atoms with Crippen molar-refractivity contribution in [1.29, 1.82) is 0 Å². The molecule has 0 aliphatic carbocycles. The molecule has 1 heterocycles. The Morgan fingerprint density at radius 3 is 3.00 bits per heavy atom. The lowest BCUT2D eigenvalue weighted by Crippen LogP contribution is -2.19. The van der Waals surface area contributed by atoms with Gasteiger partial charge in [-0.05, 0) is 37.4 Å². The average molecular weight is 231 g/mol. The van der Waals surface area contributed by atoms with Gasteiger partial charge >= 0.3 is 0 Å². The van der Waals surface area contributed by atoms with E-state index in [1.54, 1.807) is 17.6 Å². The Balaban J connectivity index is 1.92. The predicted molar refractivity (Wildman–Crippen MR) is 64.4 cm³/mol. The molecule has 0 aliphatic heterocycles. The van der Waals surface area contributed by atoms with Crippen LogP contribution in [0, 0.1) is 0 Å². The Bertz CT molecular complexity index is 259. The van der Waals surface area contributed by atoms with Crippen LogP contribution in [0.1, 0.15) is 11.3 Å². The predicted octanol–water partition coefficient (Wildman–Crippen LogP) is 1.65. The van der Waals surface area contributed by atoms with Crippen LogP contribution in [0.25, 0.3) is 0 Å². The Labute approximate surface area is 92.2 Å². The molecular weight excluding hydrogens is 214 g/mol. The molecule has 0 amide bonds. The van der Waals surface area contributed by atoms with Crippen LogP contribution < -0.4 is 5.32 Å². The molecule has 0 saturated heterocycles. The molecular formula is C10H17NOS2. The molecule has 80 valence electrons. The fourth-order valence-corrected chi connectivity index (χ4v) is 2.45. The highest BCUT2D eigenvalue weighted by Gasteiger charge is 1.94. The molecule has 0 aliphatic rings. The van der Waals surface area contributed by atoms with E-state index < -0.39 is 10.8 Å². The molecule has 1 N–H and O–H groups in total. The molecule has 1 rings (SSSR count). The fourth-order valence-electron chi connectivity index (χ4n) is 1.19. The van der Waals surface area contributed by atoms with E-state index >= 15 is 0 Å². The van der Waals surface area contributed by atoms with Crippen molar-refractivity contribution in [2.45, 2.75) is 12.8 Å². The van der Waals surface area contributed by atoms with Crippen molar-refractivity contribution in [3.8, 4) is 0 Å². The summed E-state index contributed by atoms with van der Waals surface area (Å²) in [5.41, 5.74) is 0. The number of hydrogen-bond donors (Lipinski definition) is 1. The summed E-state index contributed by atoms with van der Waals surface area (Å²) in [5, 5.41) is 5.46. The van der Waals surface area contributed by atoms with Crippen LogP contribution in [-0.4, -0.2) is 29.3 Å². The molecule has 1 aromatic rings. The number of rotatable bonds is 7. The van der Waals surface area contributed by atoms with Gasteiger partial charge in [-0.3, -0.25) is 4.21 Å². The minimum Gasteiger partial charge on any atom is -0.316 e. The van der Waals surface area contributed by atoms with Gasteiger partial charge in [0.1, 0.15) is 0 Å². The third-order valence-corrected chi connectivity index (χ3v) is 3.71. The molecule has 0 aromatic carbocycles. The van der Waals surface area contributed by atoms with Crippen molar-refractivity contribution in [3.05, 3.63) is 22.4 Å². The van der Waals surface area contributed by atoms with Gasteiger partial charge < -0.3 is 5.32 Å². The minimum atomic E-state index is -0.638. The zero-order valence-corrected chi connectivity index (χ0v) is 10.1. The molecule has 0 spiro atoms. The highest BCUT2D eigenvalue weighted by Crippen LogP contribution is 2.07. The van der Waals surface area contributed by atoms with Crippen molar-refractivity contribution >= 4 is 22.1 Å². The maximum Gasteiger partial charge on any atom is 0.0244 e. The minimum absolute atomic E-state index is 0.638. The first kappa shape index (κ1) is 11.9. The molecule has 1 unspecified atom stereocenters. The normalized spacial score (nSPS) is 12.9. The van der Waals surface area contributed by atoms with Crippen LogP contribution in [0.4, 0.5) is 0 Å². The molecule has 4 heteroatoms. The third-order valence-electron chi connectivity index (χ3n) is 1.91. The first-order chi connectivity index (χ1) is 6.79. The smallest absolute Gasteiger partial charge is 0.0244 e. The van der Waals surface area contributed by atoms with Gasteiger partial charge in [-0.15, -0.1) is 11.3 Å². The second-order valence-electron chi connectivity index (χ2n) is 3.21. The lowest BCUT2D eigenvalue weighted by molar-refractivity contribution is 0.662. The summed E-state index contributed by atoms with van der Waals surface area (Å²) >= 11 is 1.80. The lowest BCUT2D eigenvalue weighted by atomic mass is 10.3. The molecule has 14 heavy (non-hydrogen) atoms. The van der Waals surface area contributed by atoms with Crippen molar-refractivity contribution in [2.75, 3.05) is 25.1 Å². The standard InChI is InChI=1S/C10H17NOS2/c1-14(12)9-3-6-11-7-5-10-4-2-8-13-10/h2,4,8,11H,3,5-7,9H2,1H3. The van der Waals surface area contributed by atoms with Crippen LogP contribution in [0.5, 0.6) is 0 Å². The Morgan fingerprint density at radius 1 is 1.50 bits per heavy atom. The number of hydrogen-bond acceptors (Lipinski definition) is 3. The molecule has 0 fully saturated rings. The Morgan fingerprint density at radius 2 is 2.36 bits per heavy atom. The van der Waals surface area contributed by atoms with Gasteiger partial charge in [0.15, 0.2) is 0 Å². The van der Waals surface area contributed by atoms with Crippen LogP contribution in [0.3, 0.4) is 0 Å². The number of nitrogens with one attached hydrogen (secondary N) is 1. The van der Waals surface area contributed by atoms with E-state index in [2.05, 4.69) is 22.8 Å². The van der Waals surface area contributed by atoms with E-state index in [9.17, 15) is 4.21 Å². The zero-order valence-electron chi connectivity index (χ0n) is 8.49. The van der Waals surface area contributed by atoms with Gasteiger partial charge in [0.25, 0.3) is 0 Å². The Kier molecular flexibility index (Phi) is 6.07. The molecule has 2 nitrogen and oxygen atoms in total. The monoisotopic (exact) mass is 231 g/mol. The molecule has 0 bridgehead atoms. The summed E-state index contributed by atoms with van der Waals surface area (Å²) in [4.78, 5) is 1.43. The Hall–Kier alpha value is -0.190. The first-order valence-electron chi connectivity index (χ1n) is 4.82. The average Bonchev–Trinajstić information content (AvgIpc) is 2.63. The van der Waals surface area contributed by atoms with E-state index in [0.29, 0.717) is 0 Å². The van der Waals surface area contributed by atoms with Gasteiger partial charge in [0, 0.05) is 27.7 Å². The van der Waals surface area contributed by atoms with Crippen LogP contribution in [0.15, 0.2) is 17.5 Å². The highest BCUT2D eigenvalue weighted by atomic mass is 32.2. The molecule has 1 atom stereocenters. The van der Waals surface area contributed by atoms with Gasteiger partial charge in [-0.2, -0.15) is 0 Å². The summed E-state index contributed by atoms with van der Waals surface area (Å²) in [6, 6.07) is 4.24. The van der Waals surface area contributed by atoms with Crippen molar-refractivity contribution < 1.29 is 4.21 Å². The van der Waals surface area contributed by atoms with E-state index in [1.807, 2.05) is 0 Å². The first-order valence-corrected chi connectivity index (χ1v) is 7.43. The number of thiophene rings is 1. The van der Waals surface area contributed by atoms with Gasteiger partial charge in [0.05, 0.1) is 0 Å². The summed E-state index contributed by atoms with van der Waals surface area (Å²) < 4.78 is 10.7. The van der Waals surface area contributed by atoms with Crippen molar-refractivity contribution in [3.63, 3.8) is 0 Å². The van der Waals surface area contributed by atoms with Crippen molar-refractivity contribution in [1.82, 2.24) is 5.32 Å². The quantitative estimate of drug-likeness (QED) is 0.723. The van der Waals surface area contributed by atoms with Gasteiger partial charge in [0.2, 0.25) is 0 Å². The second-order valence-corrected chi connectivity index (χ2v) is 5.80. The maximum atomic E-state index is 10.7. The second kappa shape index (κ2) is 7.15. The lowest BCUT2D eigenvalue weighted by Gasteiger charge is -2.02.